The third-order valence-corrected chi connectivity index (χ3v) is 5.38. The molecule has 0 saturated heterocycles. The predicted octanol–water partition coefficient (Wildman–Crippen LogP) is 3.63. The Labute approximate surface area is 189 Å². The largest absolute Gasteiger partial charge is 0.496 e. The van der Waals surface area contributed by atoms with Crippen LogP contribution in [0, 0.1) is 6.92 Å². The minimum Gasteiger partial charge on any atom is -0.496 e. The summed E-state index contributed by atoms with van der Waals surface area (Å²) in [5.41, 5.74) is 2.85. The Morgan fingerprint density at radius 3 is 2.67 bits per heavy atom. The van der Waals surface area contributed by atoms with Crippen LogP contribution in [-0.4, -0.2) is 59.0 Å². The molecule has 2 amide bonds. The summed E-state index contributed by atoms with van der Waals surface area (Å²) in [7, 11) is 1.14. The molecule has 1 atom stereocenters. The number of carbonyl (C=O) groups is 1. The van der Waals surface area contributed by atoms with Crippen molar-refractivity contribution in [3.63, 3.8) is 0 Å². The van der Waals surface area contributed by atoms with E-state index in [4.69, 9.17) is 9.84 Å². The van der Waals surface area contributed by atoms with Gasteiger partial charge in [-0.05, 0) is 42.2 Å². The topological polar surface area (TPSA) is 94.9 Å². The number of alkyl halides is 3. The molecule has 33 heavy (non-hydrogen) atoms. The van der Waals surface area contributed by atoms with Gasteiger partial charge in [-0.1, -0.05) is 12.1 Å². The summed E-state index contributed by atoms with van der Waals surface area (Å²) in [6.45, 7) is 2.34. The number of benzene rings is 1. The van der Waals surface area contributed by atoms with Gasteiger partial charge in [0.15, 0.2) is 0 Å². The molecule has 0 bridgehead atoms. The van der Waals surface area contributed by atoms with E-state index >= 15 is 0 Å². The van der Waals surface area contributed by atoms with E-state index in [1.165, 1.54) is 6.07 Å². The number of pyridine rings is 1. The number of nitrogens with one attached hydrogen (secondary N) is 1. The van der Waals surface area contributed by atoms with Crippen molar-refractivity contribution in [1.82, 2.24) is 9.88 Å². The van der Waals surface area contributed by atoms with Crippen LogP contribution in [0.25, 0.3) is 5.57 Å². The summed E-state index contributed by atoms with van der Waals surface area (Å²) in [6.07, 6.45) is -0.941. The van der Waals surface area contributed by atoms with E-state index in [9.17, 15) is 23.1 Å². The zero-order valence-electron chi connectivity index (χ0n) is 18.3. The second kappa shape index (κ2) is 10.2. The SMILES string of the molecule is COc1cc(NC(=O)N2CC=C(c3ncc(C[C@@H](O)CO)cc3C)CC2)ccc1C(F)(F)F. The molecule has 2 aromatic rings. The van der Waals surface area contributed by atoms with Gasteiger partial charge in [0.25, 0.3) is 0 Å². The van der Waals surface area contributed by atoms with Gasteiger partial charge in [-0.25, -0.2) is 4.79 Å². The number of hydrogen-bond acceptors (Lipinski definition) is 5. The molecule has 3 N–H and O–H groups in total. The van der Waals surface area contributed by atoms with Crippen LogP contribution in [0.1, 0.15) is 28.8 Å². The van der Waals surface area contributed by atoms with Crippen LogP contribution >= 0.6 is 0 Å². The molecule has 0 spiro atoms. The Balaban J connectivity index is 1.65. The molecule has 1 aliphatic heterocycles. The molecule has 0 radical (unpaired) electrons. The molecule has 2 heterocycles. The van der Waals surface area contributed by atoms with Crippen molar-refractivity contribution in [1.29, 1.82) is 0 Å². The van der Waals surface area contributed by atoms with E-state index in [-0.39, 0.29) is 18.0 Å². The number of anilines is 1. The molecular formula is C23H26F3N3O4. The molecular weight excluding hydrogens is 439 g/mol. The van der Waals surface area contributed by atoms with Crippen molar-refractivity contribution in [2.24, 2.45) is 0 Å². The average Bonchev–Trinajstić information content (AvgIpc) is 2.78. The van der Waals surface area contributed by atoms with Crippen LogP contribution < -0.4 is 10.1 Å². The lowest BCUT2D eigenvalue weighted by Gasteiger charge is -2.27. The molecule has 0 unspecified atom stereocenters. The highest BCUT2D eigenvalue weighted by atomic mass is 19.4. The van der Waals surface area contributed by atoms with E-state index < -0.39 is 23.9 Å². The number of aliphatic hydroxyl groups excluding tert-OH is 2. The fraction of sp³-hybridized carbons (Fsp3) is 0.391. The van der Waals surface area contributed by atoms with Crippen LogP contribution in [0.5, 0.6) is 5.75 Å². The van der Waals surface area contributed by atoms with Gasteiger partial charge >= 0.3 is 12.2 Å². The molecule has 0 saturated carbocycles. The maximum absolute atomic E-state index is 13.0. The van der Waals surface area contributed by atoms with Gasteiger partial charge < -0.3 is 25.2 Å². The van der Waals surface area contributed by atoms with Crippen molar-refractivity contribution < 1.29 is 32.9 Å². The monoisotopic (exact) mass is 465 g/mol. The highest BCUT2D eigenvalue weighted by Crippen LogP contribution is 2.37. The fourth-order valence-corrected chi connectivity index (χ4v) is 3.69. The molecule has 1 aliphatic rings. The smallest absolute Gasteiger partial charge is 0.419 e. The molecule has 0 fully saturated rings. The van der Waals surface area contributed by atoms with Crippen LogP contribution in [-0.2, 0) is 12.6 Å². The van der Waals surface area contributed by atoms with E-state index in [2.05, 4.69) is 10.3 Å². The van der Waals surface area contributed by atoms with E-state index in [1.54, 1.807) is 11.1 Å². The lowest BCUT2D eigenvalue weighted by atomic mass is 9.99. The number of nitrogens with zero attached hydrogens (tertiary/aromatic N) is 2. The Kier molecular flexibility index (Phi) is 7.60. The van der Waals surface area contributed by atoms with Crippen molar-refractivity contribution in [2.45, 2.75) is 32.0 Å². The van der Waals surface area contributed by atoms with Crippen molar-refractivity contribution in [3.05, 3.63) is 58.9 Å². The van der Waals surface area contributed by atoms with Gasteiger partial charge in [0.05, 0.1) is 31.1 Å². The number of ether oxygens (including phenoxy) is 1. The van der Waals surface area contributed by atoms with E-state index in [0.29, 0.717) is 25.9 Å². The van der Waals surface area contributed by atoms with E-state index in [1.807, 2.05) is 19.1 Å². The van der Waals surface area contributed by atoms with Crippen LogP contribution in [0.3, 0.4) is 0 Å². The summed E-state index contributed by atoms with van der Waals surface area (Å²) in [5, 5.41) is 21.2. The van der Waals surface area contributed by atoms with Crippen LogP contribution in [0.15, 0.2) is 36.5 Å². The fourth-order valence-electron chi connectivity index (χ4n) is 3.69. The maximum atomic E-state index is 13.0. The molecule has 3 rings (SSSR count). The van der Waals surface area contributed by atoms with Crippen LogP contribution in [0.4, 0.5) is 23.7 Å². The Morgan fingerprint density at radius 2 is 2.09 bits per heavy atom. The number of aliphatic hydroxyl groups is 2. The van der Waals surface area contributed by atoms with Gasteiger partial charge in [0, 0.05) is 37.5 Å². The first-order valence-corrected chi connectivity index (χ1v) is 10.4. The standard InChI is InChI=1S/C23H26F3N3O4/c1-14-9-15(10-18(31)13-30)12-27-21(14)16-5-7-29(8-6-16)22(32)28-17-3-4-19(23(24,25)26)20(11-17)33-2/h3-5,9,11-12,18,30-31H,6-8,10,13H2,1-2H3,(H,28,32)/t18-/m1/s1. The number of hydrogen-bond donors (Lipinski definition) is 3. The number of urea groups is 1. The van der Waals surface area contributed by atoms with Gasteiger partial charge in [-0.2, -0.15) is 13.2 Å². The number of carbonyl (C=O) groups excluding carboxylic acids is 1. The molecule has 10 heteroatoms. The Morgan fingerprint density at radius 1 is 1.33 bits per heavy atom. The van der Waals surface area contributed by atoms with Gasteiger partial charge in [0.1, 0.15) is 5.75 Å². The minimum absolute atomic E-state index is 0.206. The Bertz CT molecular complexity index is 1040. The summed E-state index contributed by atoms with van der Waals surface area (Å²) >= 11 is 0. The number of aromatic nitrogens is 1. The van der Waals surface area contributed by atoms with Crippen molar-refractivity contribution >= 4 is 17.3 Å². The van der Waals surface area contributed by atoms with Gasteiger partial charge in [0.2, 0.25) is 0 Å². The number of methoxy groups -OCH3 is 1. The lowest BCUT2D eigenvalue weighted by molar-refractivity contribution is -0.138. The molecule has 178 valence electrons. The second-order valence-corrected chi connectivity index (χ2v) is 7.82. The molecule has 7 nitrogen and oxygen atoms in total. The molecule has 0 aliphatic carbocycles. The summed E-state index contributed by atoms with van der Waals surface area (Å²) < 4.78 is 43.9. The molecule has 1 aromatic carbocycles. The number of rotatable bonds is 6. The average molecular weight is 465 g/mol. The van der Waals surface area contributed by atoms with Crippen molar-refractivity contribution in [2.75, 3.05) is 32.1 Å². The minimum atomic E-state index is -4.55. The van der Waals surface area contributed by atoms with Gasteiger partial charge in [-0.3, -0.25) is 4.98 Å². The van der Waals surface area contributed by atoms with Crippen LogP contribution in [0.2, 0.25) is 0 Å². The van der Waals surface area contributed by atoms with Crippen molar-refractivity contribution in [3.8, 4) is 5.75 Å². The zero-order chi connectivity index (χ0) is 24.2. The quantitative estimate of drug-likeness (QED) is 0.606. The first kappa shape index (κ1) is 24.5. The zero-order valence-corrected chi connectivity index (χ0v) is 18.3. The normalized spacial score (nSPS) is 15.1. The number of aryl methyl sites for hydroxylation is 1. The summed E-state index contributed by atoms with van der Waals surface area (Å²) in [5.74, 6) is -0.363. The number of amides is 2. The van der Waals surface area contributed by atoms with E-state index in [0.717, 1.165) is 41.6 Å². The van der Waals surface area contributed by atoms with Gasteiger partial charge in [-0.15, -0.1) is 0 Å². The third kappa shape index (κ3) is 6.02. The highest BCUT2D eigenvalue weighted by Gasteiger charge is 2.34. The first-order valence-electron chi connectivity index (χ1n) is 10.4. The summed E-state index contributed by atoms with van der Waals surface area (Å²) in [4.78, 5) is 18.6. The highest BCUT2D eigenvalue weighted by molar-refractivity contribution is 5.90. The number of halogens is 3. The third-order valence-electron chi connectivity index (χ3n) is 5.38. The predicted molar refractivity (Wildman–Crippen MR) is 117 cm³/mol. The second-order valence-electron chi connectivity index (χ2n) is 7.82. The maximum Gasteiger partial charge on any atom is 0.419 e. The first-order chi connectivity index (χ1) is 15.6. The molecule has 1 aromatic heterocycles. The Hall–Kier alpha value is -3.11. The summed E-state index contributed by atoms with van der Waals surface area (Å²) in [6, 6.07) is 4.70. The lowest BCUT2D eigenvalue weighted by Crippen LogP contribution is -2.38.